The van der Waals surface area contributed by atoms with Crippen LogP contribution in [0.5, 0.6) is 0 Å². The third-order valence-electron chi connectivity index (χ3n) is 4.38. The molecule has 1 saturated heterocycles. The van der Waals surface area contributed by atoms with Crippen LogP contribution in [0.4, 0.5) is 8.78 Å². The Labute approximate surface area is 120 Å². The molecule has 0 saturated carbocycles. The molecule has 20 heavy (non-hydrogen) atoms. The summed E-state index contributed by atoms with van der Waals surface area (Å²) in [5, 5.41) is 9.41. The van der Waals surface area contributed by atoms with Crippen molar-refractivity contribution in [2.45, 2.75) is 83.7 Å². The third-order valence-corrected chi connectivity index (χ3v) is 4.38. The zero-order valence-corrected chi connectivity index (χ0v) is 13.1. The van der Waals surface area contributed by atoms with E-state index in [0.717, 1.165) is 0 Å². The van der Waals surface area contributed by atoms with Crippen LogP contribution in [0.3, 0.4) is 0 Å². The zero-order valence-electron chi connectivity index (χ0n) is 13.1. The van der Waals surface area contributed by atoms with Crippen molar-refractivity contribution >= 4 is 0 Å². The first-order valence-corrected chi connectivity index (χ1v) is 7.51. The summed E-state index contributed by atoms with van der Waals surface area (Å²) in [4.78, 5) is 0. The number of aliphatic hydroxyl groups excluding tert-OH is 1. The molecule has 0 aliphatic carbocycles. The lowest BCUT2D eigenvalue weighted by Gasteiger charge is -2.44. The predicted molar refractivity (Wildman–Crippen MR) is 74.2 cm³/mol. The van der Waals surface area contributed by atoms with Crippen molar-refractivity contribution in [3.8, 4) is 0 Å². The standard InChI is InChI=1S/C15H28F2O3/c1-6-15(5,7-2)20-14-10(8-18)19-13(9(3)4)11(16)12(14)17/h9-14,18H,6-8H2,1-5H3. The van der Waals surface area contributed by atoms with Gasteiger partial charge >= 0.3 is 0 Å². The molecular formula is C15H28F2O3. The maximum atomic E-state index is 14.4. The molecule has 0 aromatic rings. The van der Waals surface area contributed by atoms with E-state index >= 15 is 0 Å². The summed E-state index contributed by atoms with van der Waals surface area (Å²) in [7, 11) is 0. The molecule has 0 radical (unpaired) electrons. The second kappa shape index (κ2) is 7.14. The van der Waals surface area contributed by atoms with Gasteiger partial charge in [0.15, 0.2) is 12.3 Å². The van der Waals surface area contributed by atoms with E-state index in [2.05, 4.69) is 0 Å². The van der Waals surface area contributed by atoms with Crippen molar-refractivity contribution in [1.82, 2.24) is 0 Å². The molecule has 5 heteroatoms. The van der Waals surface area contributed by atoms with Crippen molar-refractivity contribution in [2.75, 3.05) is 6.61 Å². The fraction of sp³-hybridized carbons (Fsp3) is 1.00. The normalized spacial score (nSPS) is 35.5. The van der Waals surface area contributed by atoms with Crippen LogP contribution in [0, 0.1) is 5.92 Å². The van der Waals surface area contributed by atoms with Crippen molar-refractivity contribution < 1.29 is 23.4 Å². The molecule has 0 spiro atoms. The highest BCUT2D eigenvalue weighted by atomic mass is 19.2. The Bertz CT molecular complexity index is 293. The lowest BCUT2D eigenvalue weighted by atomic mass is 9.90. The molecule has 1 aliphatic rings. The van der Waals surface area contributed by atoms with Gasteiger partial charge in [0.05, 0.1) is 18.3 Å². The van der Waals surface area contributed by atoms with Gasteiger partial charge < -0.3 is 14.6 Å². The average Bonchev–Trinajstić information content (AvgIpc) is 2.43. The molecular weight excluding hydrogens is 266 g/mol. The molecule has 0 bridgehead atoms. The molecule has 0 amide bonds. The van der Waals surface area contributed by atoms with E-state index in [4.69, 9.17) is 9.47 Å². The quantitative estimate of drug-likeness (QED) is 0.818. The second-order valence-corrected chi connectivity index (χ2v) is 6.19. The van der Waals surface area contributed by atoms with Gasteiger partial charge in [0.2, 0.25) is 0 Å². The van der Waals surface area contributed by atoms with Gasteiger partial charge in [-0.25, -0.2) is 8.78 Å². The molecule has 1 rings (SSSR count). The number of aliphatic hydroxyl groups is 1. The van der Waals surface area contributed by atoms with Crippen LogP contribution in [-0.2, 0) is 9.47 Å². The Balaban J connectivity index is 2.89. The maximum absolute atomic E-state index is 14.4. The van der Waals surface area contributed by atoms with Gasteiger partial charge in [0.25, 0.3) is 0 Å². The summed E-state index contributed by atoms with van der Waals surface area (Å²) in [6, 6.07) is 0. The summed E-state index contributed by atoms with van der Waals surface area (Å²) < 4.78 is 39.9. The van der Waals surface area contributed by atoms with Crippen molar-refractivity contribution in [3.05, 3.63) is 0 Å². The number of hydrogen-bond donors (Lipinski definition) is 1. The molecule has 1 heterocycles. The second-order valence-electron chi connectivity index (χ2n) is 6.19. The minimum atomic E-state index is -1.77. The van der Waals surface area contributed by atoms with Gasteiger partial charge in [-0.05, 0) is 25.7 Å². The first-order valence-electron chi connectivity index (χ1n) is 7.51. The Morgan fingerprint density at radius 3 is 2.15 bits per heavy atom. The van der Waals surface area contributed by atoms with Gasteiger partial charge in [-0.3, -0.25) is 0 Å². The number of rotatable bonds is 6. The summed E-state index contributed by atoms with van der Waals surface area (Å²) in [5.41, 5.74) is -0.532. The molecule has 5 unspecified atom stereocenters. The fourth-order valence-electron chi connectivity index (χ4n) is 2.48. The summed E-state index contributed by atoms with van der Waals surface area (Å²) in [6.07, 6.45) is -4.83. The summed E-state index contributed by atoms with van der Waals surface area (Å²) >= 11 is 0. The topological polar surface area (TPSA) is 38.7 Å². The lowest BCUT2D eigenvalue weighted by Crippen LogP contribution is -2.59. The largest absolute Gasteiger partial charge is 0.394 e. The first-order chi connectivity index (χ1) is 9.29. The van der Waals surface area contributed by atoms with Gasteiger partial charge in [0.1, 0.15) is 12.2 Å². The predicted octanol–water partition coefficient (Wildman–Crippen LogP) is 3.04. The smallest absolute Gasteiger partial charge is 0.162 e. The van der Waals surface area contributed by atoms with Gasteiger partial charge in [-0.1, -0.05) is 27.7 Å². The highest BCUT2D eigenvalue weighted by Gasteiger charge is 2.49. The zero-order chi connectivity index (χ0) is 15.5. The number of alkyl halides is 2. The Morgan fingerprint density at radius 1 is 1.20 bits per heavy atom. The number of halogens is 2. The molecule has 0 aromatic carbocycles. The van der Waals surface area contributed by atoms with E-state index in [0.29, 0.717) is 12.8 Å². The molecule has 1 N–H and O–H groups in total. The van der Waals surface area contributed by atoms with Gasteiger partial charge in [-0.2, -0.15) is 0 Å². The van der Waals surface area contributed by atoms with Crippen LogP contribution in [-0.4, -0.2) is 48.0 Å². The monoisotopic (exact) mass is 294 g/mol. The molecule has 5 atom stereocenters. The first kappa shape index (κ1) is 17.8. The highest BCUT2D eigenvalue weighted by Crippen LogP contribution is 2.34. The van der Waals surface area contributed by atoms with Crippen LogP contribution in [0.25, 0.3) is 0 Å². The van der Waals surface area contributed by atoms with E-state index in [1.54, 1.807) is 13.8 Å². The van der Waals surface area contributed by atoms with Crippen LogP contribution in [0.2, 0.25) is 0 Å². The van der Waals surface area contributed by atoms with Crippen molar-refractivity contribution in [2.24, 2.45) is 5.92 Å². The van der Waals surface area contributed by atoms with E-state index in [1.807, 2.05) is 20.8 Å². The van der Waals surface area contributed by atoms with E-state index in [9.17, 15) is 13.9 Å². The molecule has 3 nitrogen and oxygen atoms in total. The molecule has 1 aliphatic heterocycles. The highest BCUT2D eigenvalue weighted by molar-refractivity contribution is 4.96. The Morgan fingerprint density at radius 2 is 1.75 bits per heavy atom. The van der Waals surface area contributed by atoms with Crippen LogP contribution < -0.4 is 0 Å². The Kier molecular flexibility index (Phi) is 6.35. The summed E-state index contributed by atoms with van der Waals surface area (Å²) in [5.74, 6) is -0.151. The number of ether oxygens (including phenoxy) is 2. The van der Waals surface area contributed by atoms with E-state index < -0.39 is 36.3 Å². The van der Waals surface area contributed by atoms with Crippen molar-refractivity contribution in [3.63, 3.8) is 0 Å². The van der Waals surface area contributed by atoms with Crippen LogP contribution in [0.15, 0.2) is 0 Å². The molecule has 1 fully saturated rings. The molecule has 0 aromatic heterocycles. The van der Waals surface area contributed by atoms with Gasteiger partial charge in [0, 0.05) is 0 Å². The fourth-order valence-corrected chi connectivity index (χ4v) is 2.48. The third kappa shape index (κ3) is 3.68. The SMILES string of the molecule is CCC(C)(CC)OC1C(CO)OC(C(C)C)C(F)C1F. The minimum absolute atomic E-state index is 0.151. The Hall–Kier alpha value is -0.260. The minimum Gasteiger partial charge on any atom is -0.394 e. The van der Waals surface area contributed by atoms with Crippen LogP contribution in [0.1, 0.15) is 47.5 Å². The average molecular weight is 294 g/mol. The van der Waals surface area contributed by atoms with Gasteiger partial charge in [-0.15, -0.1) is 0 Å². The van der Waals surface area contributed by atoms with E-state index in [-0.39, 0.29) is 12.5 Å². The molecule has 120 valence electrons. The number of hydrogen-bond acceptors (Lipinski definition) is 3. The van der Waals surface area contributed by atoms with Crippen molar-refractivity contribution in [1.29, 1.82) is 0 Å². The maximum Gasteiger partial charge on any atom is 0.162 e. The lowest BCUT2D eigenvalue weighted by molar-refractivity contribution is -0.247. The van der Waals surface area contributed by atoms with Crippen LogP contribution >= 0.6 is 0 Å². The van der Waals surface area contributed by atoms with E-state index in [1.165, 1.54) is 0 Å². The summed E-state index contributed by atoms with van der Waals surface area (Å²) in [6.45, 7) is 8.94.